The molecule has 0 radical (unpaired) electrons. The molecule has 0 saturated heterocycles. The van der Waals surface area contributed by atoms with Crippen LogP contribution in [0.4, 0.5) is 0 Å². The Bertz CT molecular complexity index is 1720. The number of nitrogens with zero attached hydrogens (tertiary/aromatic N) is 4. The molecule has 1 heterocycles. The van der Waals surface area contributed by atoms with Gasteiger partial charge in [-0.1, -0.05) is 19.9 Å². The number of nitrogens with one attached hydrogen (secondary N) is 1. The second kappa shape index (κ2) is 16.1. The molecule has 2 aromatic carbocycles. The SMILES string of the molecule is COc1cccc(OC)c1-c1cc(C(=O)NC2(C(=O)O)C3CC4CC(C3)CC2C4)nn1-c1ccc(C(=O)N(C)CCCN(C)C)cc1C(C)C.[KH]. The Balaban J connectivity index is 0.00000504. The molecule has 4 aliphatic rings. The van der Waals surface area contributed by atoms with Gasteiger partial charge in [0.2, 0.25) is 0 Å². The summed E-state index contributed by atoms with van der Waals surface area (Å²) in [6, 6.07) is 12.7. The van der Waals surface area contributed by atoms with Crippen LogP contribution in [-0.4, -0.2) is 148 Å². The van der Waals surface area contributed by atoms with Gasteiger partial charge >= 0.3 is 57.4 Å². The van der Waals surface area contributed by atoms with Crippen LogP contribution in [-0.2, 0) is 4.79 Å². The van der Waals surface area contributed by atoms with Gasteiger partial charge in [0.1, 0.15) is 17.0 Å². The van der Waals surface area contributed by atoms with E-state index >= 15 is 0 Å². The number of carbonyl (C=O) groups is 3. The summed E-state index contributed by atoms with van der Waals surface area (Å²) < 4.78 is 13.3. The molecule has 2 N–H and O–H groups in total. The number of carboxylic acids is 1. The first-order valence-electron chi connectivity index (χ1n) is 17.8. The Morgan fingerprint density at radius 2 is 1.55 bits per heavy atom. The Morgan fingerprint density at radius 1 is 0.941 bits per heavy atom. The van der Waals surface area contributed by atoms with Gasteiger partial charge in [0.25, 0.3) is 11.8 Å². The van der Waals surface area contributed by atoms with E-state index < -0.39 is 17.4 Å². The first-order chi connectivity index (χ1) is 23.9. The van der Waals surface area contributed by atoms with Crippen molar-refractivity contribution < 1.29 is 29.0 Å². The fourth-order valence-corrected chi connectivity index (χ4v) is 9.03. The normalized spacial score (nSPS) is 23.2. The zero-order valence-electron chi connectivity index (χ0n) is 30.4. The molecule has 4 saturated carbocycles. The molecular weight excluding hydrogens is 674 g/mol. The molecule has 4 aliphatic carbocycles. The van der Waals surface area contributed by atoms with Crippen molar-refractivity contribution >= 4 is 69.2 Å². The molecule has 1 aromatic heterocycles. The van der Waals surface area contributed by atoms with E-state index in [4.69, 9.17) is 14.6 Å². The van der Waals surface area contributed by atoms with Crippen molar-refractivity contribution in [2.75, 3.05) is 48.5 Å². The van der Waals surface area contributed by atoms with Gasteiger partial charge in [0.05, 0.1) is 31.2 Å². The summed E-state index contributed by atoms with van der Waals surface area (Å²) in [4.78, 5) is 44.7. The summed E-state index contributed by atoms with van der Waals surface area (Å²) in [7, 11) is 9.00. The van der Waals surface area contributed by atoms with Gasteiger partial charge < -0.3 is 29.7 Å². The number of carboxylic acid groups (broad SMARTS) is 1. The van der Waals surface area contributed by atoms with Gasteiger partial charge in [-0.15, -0.1) is 0 Å². The van der Waals surface area contributed by atoms with Crippen LogP contribution in [0, 0.1) is 23.7 Å². The average Bonchev–Trinajstić information content (AvgIpc) is 3.53. The summed E-state index contributed by atoms with van der Waals surface area (Å²) in [5.41, 5.74) is 2.04. The van der Waals surface area contributed by atoms with Crippen molar-refractivity contribution in [1.29, 1.82) is 0 Å². The molecule has 7 rings (SSSR count). The van der Waals surface area contributed by atoms with Gasteiger partial charge in [-0.05, 0) is 131 Å². The summed E-state index contributed by atoms with van der Waals surface area (Å²) in [6.45, 7) is 5.62. The molecule has 4 bridgehead atoms. The van der Waals surface area contributed by atoms with Crippen molar-refractivity contribution in [3.05, 3.63) is 59.3 Å². The van der Waals surface area contributed by atoms with Crippen LogP contribution in [0.3, 0.4) is 0 Å². The number of benzene rings is 2. The average molecular weight is 726 g/mol. The summed E-state index contributed by atoms with van der Waals surface area (Å²) in [5, 5.41) is 18.7. The van der Waals surface area contributed by atoms with Crippen LogP contribution in [0.25, 0.3) is 16.9 Å². The fraction of sp³-hybridized carbons (Fsp3) is 0.538. The van der Waals surface area contributed by atoms with Gasteiger partial charge in [0, 0.05) is 19.2 Å². The summed E-state index contributed by atoms with van der Waals surface area (Å²) in [5.74, 6) is 0.360. The van der Waals surface area contributed by atoms with E-state index in [0.717, 1.165) is 44.2 Å². The third-order valence-electron chi connectivity index (χ3n) is 11.3. The summed E-state index contributed by atoms with van der Waals surface area (Å²) in [6.07, 6.45) is 5.33. The molecule has 0 aliphatic heterocycles. The third-order valence-corrected chi connectivity index (χ3v) is 11.3. The van der Waals surface area contributed by atoms with Gasteiger partial charge in [-0.3, -0.25) is 9.59 Å². The monoisotopic (exact) mass is 725 g/mol. The Kier molecular flexibility index (Phi) is 12.5. The van der Waals surface area contributed by atoms with Crippen LogP contribution in [0.15, 0.2) is 42.5 Å². The number of rotatable bonds is 13. The van der Waals surface area contributed by atoms with Gasteiger partial charge in [0.15, 0.2) is 5.69 Å². The van der Waals surface area contributed by atoms with Crippen molar-refractivity contribution in [2.24, 2.45) is 23.7 Å². The Hall–Kier alpha value is -2.74. The maximum atomic E-state index is 14.3. The topological polar surface area (TPSA) is 126 Å². The Labute approximate surface area is 343 Å². The predicted molar refractivity (Wildman–Crippen MR) is 198 cm³/mol. The van der Waals surface area contributed by atoms with Crippen molar-refractivity contribution in [3.63, 3.8) is 0 Å². The second-order valence-electron chi connectivity index (χ2n) is 15.1. The number of aliphatic carboxylic acids is 1. The van der Waals surface area contributed by atoms with Crippen LogP contribution in [0.5, 0.6) is 11.5 Å². The van der Waals surface area contributed by atoms with E-state index in [-0.39, 0.29) is 80.7 Å². The van der Waals surface area contributed by atoms with Crippen LogP contribution in [0.1, 0.15) is 84.7 Å². The van der Waals surface area contributed by atoms with E-state index in [9.17, 15) is 19.5 Å². The third kappa shape index (κ3) is 7.55. The van der Waals surface area contributed by atoms with E-state index in [1.165, 1.54) is 6.42 Å². The van der Waals surface area contributed by atoms with E-state index in [0.29, 0.717) is 52.4 Å². The number of amides is 2. The molecular formula is C39H52KN5O6. The molecule has 3 aromatic rings. The van der Waals surface area contributed by atoms with E-state index in [1.807, 2.05) is 51.5 Å². The van der Waals surface area contributed by atoms with E-state index in [2.05, 4.69) is 24.1 Å². The molecule has 4 fully saturated rings. The minimum absolute atomic E-state index is 0. The van der Waals surface area contributed by atoms with Gasteiger partial charge in [-0.2, -0.15) is 5.10 Å². The number of methoxy groups -OCH3 is 2. The first-order valence-corrected chi connectivity index (χ1v) is 17.8. The molecule has 0 atom stereocenters. The Morgan fingerprint density at radius 3 is 2.08 bits per heavy atom. The molecule has 0 unspecified atom stereocenters. The second-order valence-corrected chi connectivity index (χ2v) is 15.1. The van der Waals surface area contributed by atoms with Crippen LogP contribution >= 0.6 is 0 Å². The van der Waals surface area contributed by atoms with E-state index in [1.54, 1.807) is 35.9 Å². The predicted octanol–water partition coefficient (Wildman–Crippen LogP) is 5.06. The molecule has 12 heteroatoms. The standard InChI is InChI=1S/C39H51N5O6.K.H/c1-23(2)29-21-26(37(46)43(5)15-9-14-42(3)4)12-13-31(29)44-32(35-33(49-6)10-8-11-34(35)50-7)22-30(41-44)36(45)40-39(38(47)48)27-17-24-16-25(19-27)20-28(39)18-24;;/h8,10-13,21-25,27-28H,9,14-20H2,1-7H3,(H,40,45)(H,47,48);;. The van der Waals surface area contributed by atoms with Crippen LogP contribution in [0.2, 0.25) is 0 Å². The number of ether oxygens (including phenoxy) is 2. The van der Waals surface area contributed by atoms with Crippen molar-refractivity contribution in [3.8, 4) is 28.4 Å². The number of aromatic nitrogens is 2. The van der Waals surface area contributed by atoms with Crippen molar-refractivity contribution in [1.82, 2.24) is 24.9 Å². The summed E-state index contributed by atoms with van der Waals surface area (Å²) >= 11 is 0. The van der Waals surface area contributed by atoms with Gasteiger partial charge in [-0.25, -0.2) is 9.48 Å². The maximum absolute atomic E-state index is 14.3. The zero-order valence-corrected chi connectivity index (χ0v) is 30.4. The first kappa shape index (κ1) is 39.5. The number of carbonyl (C=O) groups excluding carboxylic acids is 2. The molecule has 11 nitrogen and oxygen atoms in total. The zero-order chi connectivity index (χ0) is 35.9. The minimum atomic E-state index is -1.32. The number of hydrogen-bond acceptors (Lipinski definition) is 7. The molecule has 270 valence electrons. The number of hydrogen-bond donors (Lipinski definition) is 2. The quantitative estimate of drug-likeness (QED) is 0.234. The fourth-order valence-electron chi connectivity index (χ4n) is 9.03. The molecule has 0 spiro atoms. The molecule has 51 heavy (non-hydrogen) atoms. The van der Waals surface area contributed by atoms with Crippen molar-refractivity contribution in [2.45, 2.75) is 63.8 Å². The van der Waals surface area contributed by atoms with Crippen LogP contribution < -0.4 is 14.8 Å². The molecule has 2 amide bonds.